The summed E-state index contributed by atoms with van der Waals surface area (Å²) < 4.78 is 0. The van der Waals surface area contributed by atoms with Crippen molar-refractivity contribution in [1.82, 2.24) is 0 Å². The highest BCUT2D eigenvalue weighted by Crippen LogP contribution is 2.56. The number of fused-ring (bicyclic) bond motifs is 2. The van der Waals surface area contributed by atoms with Crippen LogP contribution in [-0.2, 0) is 4.79 Å². The van der Waals surface area contributed by atoms with E-state index >= 15 is 0 Å². The summed E-state index contributed by atoms with van der Waals surface area (Å²) in [4.78, 5) is 11.3. The first-order valence-electron chi connectivity index (χ1n) is 5.42. The molecule has 0 radical (unpaired) electrons. The van der Waals surface area contributed by atoms with E-state index in [9.17, 15) is 9.90 Å². The van der Waals surface area contributed by atoms with Crippen LogP contribution in [0.2, 0.25) is 0 Å². The Labute approximate surface area is 93.2 Å². The van der Waals surface area contributed by atoms with Gasteiger partial charge in [0.1, 0.15) is 0 Å². The minimum absolute atomic E-state index is 0.300. The summed E-state index contributed by atoms with van der Waals surface area (Å²) in [5.74, 6) is -0.553. The van der Waals surface area contributed by atoms with Gasteiger partial charge >= 0.3 is 5.97 Å². The SMILES string of the molecule is O=C(O)C12CCCC(CBr)(CCC1)C2. The van der Waals surface area contributed by atoms with Crippen LogP contribution in [0.4, 0.5) is 0 Å². The van der Waals surface area contributed by atoms with Crippen LogP contribution in [0.15, 0.2) is 0 Å². The molecule has 80 valence electrons. The molecule has 2 bridgehead atoms. The summed E-state index contributed by atoms with van der Waals surface area (Å²) in [6, 6.07) is 0. The van der Waals surface area contributed by atoms with Crippen molar-refractivity contribution in [2.45, 2.75) is 44.9 Å². The van der Waals surface area contributed by atoms with Gasteiger partial charge in [0.25, 0.3) is 0 Å². The molecule has 2 fully saturated rings. The Kier molecular flexibility index (Phi) is 2.63. The first-order valence-corrected chi connectivity index (χ1v) is 6.54. The molecular weight excluding hydrogens is 244 g/mol. The molecule has 0 aromatic carbocycles. The predicted octanol–water partition coefficient (Wildman–Crippen LogP) is 3.20. The number of alkyl halides is 1. The van der Waals surface area contributed by atoms with E-state index in [0.717, 1.165) is 37.4 Å². The van der Waals surface area contributed by atoms with Crippen molar-refractivity contribution in [2.75, 3.05) is 5.33 Å². The van der Waals surface area contributed by atoms with E-state index in [4.69, 9.17) is 0 Å². The molecule has 0 aromatic heterocycles. The normalized spacial score (nSPS) is 42.1. The van der Waals surface area contributed by atoms with Crippen LogP contribution in [0.3, 0.4) is 0 Å². The van der Waals surface area contributed by atoms with E-state index in [2.05, 4.69) is 15.9 Å². The van der Waals surface area contributed by atoms with Gasteiger partial charge in [0.15, 0.2) is 0 Å². The van der Waals surface area contributed by atoms with Crippen molar-refractivity contribution in [3.63, 3.8) is 0 Å². The number of hydrogen-bond acceptors (Lipinski definition) is 1. The molecule has 0 heterocycles. The first kappa shape index (κ1) is 10.5. The van der Waals surface area contributed by atoms with E-state index in [0.29, 0.717) is 5.41 Å². The van der Waals surface area contributed by atoms with Crippen molar-refractivity contribution in [3.8, 4) is 0 Å². The molecule has 0 aliphatic heterocycles. The van der Waals surface area contributed by atoms with E-state index in [1.165, 1.54) is 12.8 Å². The van der Waals surface area contributed by atoms with Crippen LogP contribution >= 0.6 is 15.9 Å². The molecule has 3 heteroatoms. The Morgan fingerprint density at radius 1 is 1.21 bits per heavy atom. The third-order valence-electron chi connectivity index (χ3n) is 4.18. The van der Waals surface area contributed by atoms with E-state index < -0.39 is 5.97 Å². The second-order valence-corrected chi connectivity index (χ2v) is 5.66. The largest absolute Gasteiger partial charge is 0.481 e. The molecule has 0 saturated heterocycles. The van der Waals surface area contributed by atoms with Gasteiger partial charge in [0.2, 0.25) is 0 Å². The smallest absolute Gasteiger partial charge is 0.309 e. The van der Waals surface area contributed by atoms with Gasteiger partial charge < -0.3 is 5.11 Å². The Balaban J connectivity index is 2.24. The van der Waals surface area contributed by atoms with Gasteiger partial charge in [-0.1, -0.05) is 28.8 Å². The Hall–Kier alpha value is -0.0500. The molecule has 0 amide bonds. The van der Waals surface area contributed by atoms with E-state index in [-0.39, 0.29) is 5.41 Å². The van der Waals surface area contributed by atoms with Crippen molar-refractivity contribution in [1.29, 1.82) is 0 Å². The number of carbonyl (C=O) groups is 1. The summed E-state index contributed by atoms with van der Waals surface area (Å²) in [5, 5.41) is 10.3. The Morgan fingerprint density at radius 2 is 1.79 bits per heavy atom. The lowest BCUT2D eigenvalue weighted by Crippen LogP contribution is -2.45. The quantitative estimate of drug-likeness (QED) is 0.775. The van der Waals surface area contributed by atoms with Crippen LogP contribution in [-0.4, -0.2) is 16.4 Å². The standard InChI is InChI=1S/C11H17BrO2/c12-8-10-3-1-5-11(7-10,9(13)14)6-2-4-10/h1-8H2,(H,13,14). The molecule has 14 heavy (non-hydrogen) atoms. The summed E-state index contributed by atoms with van der Waals surface area (Å²) in [5.41, 5.74) is -0.0703. The molecular formula is C11H17BrO2. The summed E-state index contributed by atoms with van der Waals surface area (Å²) >= 11 is 3.57. The number of carboxylic acids is 1. The zero-order valence-electron chi connectivity index (χ0n) is 8.39. The first-order chi connectivity index (χ1) is 6.63. The monoisotopic (exact) mass is 260 g/mol. The second-order valence-electron chi connectivity index (χ2n) is 5.10. The molecule has 0 atom stereocenters. The summed E-state index contributed by atoms with van der Waals surface area (Å²) in [6.45, 7) is 0. The lowest BCUT2D eigenvalue weighted by atomic mass is 9.55. The molecule has 2 aliphatic rings. The summed E-state index contributed by atoms with van der Waals surface area (Å²) in [6.07, 6.45) is 7.32. The van der Waals surface area contributed by atoms with Crippen molar-refractivity contribution < 1.29 is 9.90 Å². The lowest BCUT2D eigenvalue weighted by molar-refractivity contribution is -0.157. The minimum atomic E-state index is -0.553. The number of hydrogen-bond donors (Lipinski definition) is 1. The zero-order chi connectivity index (χ0) is 10.2. The van der Waals surface area contributed by atoms with Gasteiger partial charge in [-0.05, 0) is 37.5 Å². The maximum absolute atomic E-state index is 11.3. The van der Waals surface area contributed by atoms with Crippen molar-refractivity contribution in [3.05, 3.63) is 0 Å². The molecule has 2 saturated carbocycles. The maximum Gasteiger partial charge on any atom is 0.309 e. The predicted molar refractivity (Wildman–Crippen MR) is 58.6 cm³/mol. The van der Waals surface area contributed by atoms with Crippen molar-refractivity contribution >= 4 is 21.9 Å². The molecule has 2 aliphatic carbocycles. The molecule has 0 unspecified atom stereocenters. The second kappa shape index (κ2) is 3.51. The van der Waals surface area contributed by atoms with E-state index in [1.807, 2.05) is 0 Å². The highest BCUT2D eigenvalue weighted by atomic mass is 79.9. The third-order valence-corrected chi connectivity index (χ3v) is 5.36. The molecule has 2 nitrogen and oxygen atoms in total. The minimum Gasteiger partial charge on any atom is -0.481 e. The van der Waals surface area contributed by atoms with E-state index in [1.54, 1.807) is 0 Å². The maximum atomic E-state index is 11.3. The fourth-order valence-corrected chi connectivity index (χ4v) is 4.15. The topological polar surface area (TPSA) is 37.3 Å². The highest BCUT2D eigenvalue weighted by Gasteiger charge is 2.51. The van der Waals surface area contributed by atoms with Crippen LogP contribution in [0.5, 0.6) is 0 Å². The van der Waals surface area contributed by atoms with Crippen molar-refractivity contribution in [2.24, 2.45) is 10.8 Å². The average molecular weight is 261 g/mol. The van der Waals surface area contributed by atoms with Gasteiger partial charge in [0, 0.05) is 5.33 Å². The Bertz CT molecular complexity index is 240. The number of halogens is 1. The van der Waals surface area contributed by atoms with Gasteiger partial charge in [-0.2, -0.15) is 0 Å². The Morgan fingerprint density at radius 3 is 2.21 bits per heavy atom. The number of carboxylic acid groups (broad SMARTS) is 1. The van der Waals surface area contributed by atoms with Gasteiger partial charge in [-0.25, -0.2) is 0 Å². The number of rotatable bonds is 2. The number of aliphatic carboxylic acids is 1. The molecule has 0 spiro atoms. The van der Waals surface area contributed by atoms with Crippen LogP contribution in [0.25, 0.3) is 0 Å². The fraction of sp³-hybridized carbons (Fsp3) is 0.909. The fourth-order valence-electron chi connectivity index (χ4n) is 3.40. The van der Waals surface area contributed by atoms with Crippen LogP contribution in [0, 0.1) is 10.8 Å². The average Bonchev–Trinajstić information content (AvgIpc) is 2.18. The molecule has 0 aromatic rings. The zero-order valence-corrected chi connectivity index (χ0v) is 9.98. The summed E-state index contributed by atoms with van der Waals surface area (Å²) in [7, 11) is 0. The van der Waals surface area contributed by atoms with Crippen LogP contribution in [0.1, 0.15) is 44.9 Å². The lowest BCUT2D eigenvalue weighted by Gasteiger charge is -2.49. The van der Waals surface area contributed by atoms with Crippen LogP contribution < -0.4 is 0 Å². The van der Waals surface area contributed by atoms with Gasteiger partial charge in [0.05, 0.1) is 5.41 Å². The highest BCUT2D eigenvalue weighted by molar-refractivity contribution is 9.09. The molecule has 2 rings (SSSR count). The van der Waals surface area contributed by atoms with Gasteiger partial charge in [-0.15, -0.1) is 0 Å². The van der Waals surface area contributed by atoms with Gasteiger partial charge in [-0.3, -0.25) is 4.79 Å². The third kappa shape index (κ3) is 1.50. The molecule has 1 N–H and O–H groups in total.